The summed E-state index contributed by atoms with van der Waals surface area (Å²) in [7, 11) is 0. The molecule has 0 fully saturated rings. The van der Waals surface area contributed by atoms with Crippen LogP contribution in [0, 0.1) is 0 Å². The third-order valence-corrected chi connectivity index (χ3v) is 4.25. The highest BCUT2D eigenvalue weighted by molar-refractivity contribution is 5.61. The van der Waals surface area contributed by atoms with E-state index < -0.39 is 0 Å². The molecule has 31 heavy (non-hydrogen) atoms. The molecule has 0 atom stereocenters. The second-order valence-electron chi connectivity index (χ2n) is 6.47. The van der Waals surface area contributed by atoms with Gasteiger partial charge in [-0.05, 0) is 36.4 Å². The molecule has 0 aliphatic rings. The number of benzene rings is 2. The highest BCUT2D eigenvalue weighted by atomic mass is 16.5. The van der Waals surface area contributed by atoms with Crippen molar-refractivity contribution in [3.63, 3.8) is 0 Å². The van der Waals surface area contributed by atoms with Crippen LogP contribution < -0.4 is 15.4 Å². The molecule has 5 rings (SSSR count). The van der Waals surface area contributed by atoms with Gasteiger partial charge in [0, 0.05) is 17.8 Å². The molecule has 0 unspecified atom stereocenters. The molecule has 5 aromatic rings. The number of ether oxygens (including phenoxy) is 1. The third kappa shape index (κ3) is 4.51. The number of anilines is 4. The van der Waals surface area contributed by atoms with Gasteiger partial charge in [0.1, 0.15) is 23.5 Å². The number of hydrogen-bond acceptors (Lipinski definition) is 8. The van der Waals surface area contributed by atoms with Crippen molar-refractivity contribution in [1.82, 2.24) is 25.1 Å². The van der Waals surface area contributed by atoms with Crippen molar-refractivity contribution >= 4 is 23.4 Å². The number of H-pyrrole nitrogens is 1. The smallest absolute Gasteiger partial charge is 0.233 e. The Kier molecular flexibility index (Phi) is 4.96. The lowest BCUT2D eigenvalue weighted by Crippen LogP contribution is -2.03. The highest BCUT2D eigenvalue weighted by Crippen LogP contribution is 2.25. The SMILES string of the molecule is c1ccc(Oc2cccc(Nc3ncnc(Nc4cc(-c5ccco5)[nH]n4)n3)c2)cc1. The fourth-order valence-corrected chi connectivity index (χ4v) is 2.87. The van der Waals surface area contributed by atoms with Gasteiger partial charge in [-0.3, -0.25) is 5.10 Å². The van der Waals surface area contributed by atoms with Gasteiger partial charge in [-0.15, -0.1) is 0 Å². The summed E-state index contributed by atoms with van der Waals surface area (Å²) in [6.07, 6.45) is 3.02. The maximum absolute atomic E-state index is 5.87. The summed E-state index contributed by atoms with van der Waals surface area (Å²) in [5.41, 5.74) is 1.53. The number of hydrogen-bond donors (Lipinski definition) is 3. The predicted molar refractivity (Wildman–Crippen MR) is 116 cm³/mol. The fraction of sp³-hybridized carbons (Fsp3) is 0. The number of furan rings is 1. The molecule has 0 amide bonds. The van der Waals surface area contributed by atoms with Gasteiger partial charge in [-0.1, -0.05) is 24.3 Å². The largest absolute Gasteiger partial charge is 0.463 e. The number of rotatable bonds is 7. The minimum absolute atomic E-state index is 0.353. The summed E-state index contributed by atoms with van der Waals surface area (Å²) >= 11 is 0. The number of para-hydroxylation sites is 1. The Balaban J connectivity index is 1.28. The van der Waals surface area contributed by atoms with Crippen molar-refractivity contribution < 1.29 is 9.15 Å². The molecule has 0 radical (unpaired) electrons. The number of nitrogens with one attached hydrogen (secondary N) is 3. The zero-order chi connectivity index (χ0) is 20.9. The Morgan fingerprint density at radius 3 is 2.48 bits per heavy atom. The summed E-state index contributed by atoms with van der Waals surface area (Å²) in [6, 6.07) is 22.6. The van der Waals surface area contributed by atoms with Gasteiger partial charge in [0.2, 0.25) is 11.9 Å². The molecule has 3 heterocycles. The maximum atomic E-state index is 5.87. The molecule has 9 heteroatoms. The fourth-order valence-electron chi connectivity index (χ4n) is 2.87. The molecule has 152 valence electrons. The molecule has 0 bridgehead atoms. The van der Waals surface area contributed by atoms with Gasteiger partial charge in [0.05, 0.1) is 6.26 Å². The van der Waals surface area contributed by atoms with E-state index in [0.29, 0.717) is 29.2 Å². The molecule has 3 N–H and O–H groups in total. The van der Waals surface area contributed by atoms with Gasteiger partial charge >= 0.3 is 0 Å². The Morgan fingerprint density at radius 1 is 0.806 bits per heavy atom. The Labute approximate surface area is 177 Å². The molecule has 0 aliphatic heterocycles. The van der Waals surface area contributed by atoms with Crippen LogP contribution >= 0.6 is 0 Å². The van der Waals surface area contributed by atoms with E-state index >= 15 is 0 Å². The summed E-state index contributed by atoms with van der Waals surface area (Å²) in [5.74, 6) is 3.45. The molecule has 0 saturated carbocycles. The quantitative estimate of drug-likeness (QED) is 0.338. The summed E-state index contributed by atoms with van der Waals surface area (Å²) in [5, 5.41) is 13.3. The Bertz CT molecular complexity index is 1270. The Morgan fingerprint density at radius 2 is 1.65 bits per heavy atom. The van der Waals surface area contributed by atoms with Crippen LogP contribution in [-0.4, -0.2) is 25.1 Å². The minimum Gasteiger partial charge on any atom is -0.463 e. The molecule has 3 aromatic heterocycles. The van der Waals surface area contributed by atoms with Crippen LogP contribution in [0.25, 0.3) is 11.5 Å². The molecule has 2 aromatic carbocycles. The van der Waals surface area contributed by atoms with E-state index in [9.17, 15) is 0 Å². The molecular formula is C22H17N7O2. The van der Waals surface area contributed by atoms with Crippen molar-refractivity contribution in [2.24, 2.45) is 0 Å². The van der Waals surface area contributed by atoms with Crippen molar-refractivity contribution in [3.05, 3.63) is 85.4 Å². The topological polar surface area (TPSA) is 114 Å². The second-order valence-corrected chi connectivity index (χ2v) is 6.47. The van der Waals surface area contributed by atoms with Gasteiger partial charge in [-0.2, -0.15) is 10.1 Å². The molecule has 0 spiro atoms. The predicted octanol–water partition coefficient (Wildman–Crippen LogP) is 5.13. The van der Waals surface area contributed by atoms with E-state index in [1.807, 2.05) is 66.7 Å². The monoisotopic (exact) mass is 411 g/mol. The van der Waals surface area contributed by atoms with Crippen LogP contribution in [0.15, 0.2) is 89.8 Å². The highest BCUT2D eigenvalue weighted by Gasteiger charge is 2.08. The van der Waals surface area contributed by atoms with Gasteiger partial charge in [0.25, 0.3) is 0 Å². The van der Waals surface area contributed by atoms with Crippen molar-refractivity contribution in [2.75, 3.05) is 10.6 Å². The van der Waals surface area contributed by atoms with E-state index in [1.165, 1.54) is 6.33 Å². The lowest BCUT2D eigenvalue weighted by atomic mass is 10.3. The zero-order valence-electron chi connectivity index (χ0n) is 16.2. The summed E-state index contributed by atoms with van der Waals surface area (Å²) in [6.45, 7) is 0. The van der Waals surface area contributed by atoms with Gasteiger partial charge in [-0.25, -0.2) is 9.97 Å². The van der Waals surface area contributed by atoms with E-state index in [0.717, 1.165) is 17.1 Å². The molecule has 9 nitrogen and oxygen atoms in total. The maximum Gasteiger partial charge on any atom is 0.233 e. The van der Waals surface area contributed by atoms with Crippen molar-refractivity contribution in [3.8, 4) is 23.0 Å². The van der Waals surface area contributed by atoms with Crippen molar-refractivity contribution in [1.29, 1.82) is 0 Å². The van der Waals surface area contributed by atoms with Crippen LogP contribution in [0.5, 0.6) is 11.5 Å². The molecule has 0 aliphatic carbocycles. The van der Waals surface area contributed by atoms with E-state index in [-0.39, 0.29) is 0 Å². The van der Waals surface area contributed by atoms with Crippen LogP contribution in [0.3, 0.4) is 0 Å². The van der Waals surface area contributed by atoms with Crippen LogP contribution in [0.4, 0.5) is 23.4 Å². The zero-order valence-corrected chi connectivity index (χ0v) is 16.2. The first-order chi connectivity index (χ1) is 15.3. The van der Waals surface area contributed by atoms with E-state index in [4.69, 9.17) is 9.15 Å². The molecule has 0 saturated heterocycles. The average molecular weight is 411 g/mol. The Hall–Kier alpha value is -4.66. The summed E-state index contributed by atoms with van der Waals surface area (Å²) in [4.78, 5) is 12.7. The number of aromatic nitrogens is 5. The average Bonchev–Trinajstić information content (AvgIpc) is 3.47. The van der Waals surface area contributed by atoms with E-state index in [1.54, 1.807) is 12.3 Å². The number of nitrogens with zero attached hydrogens (tertiary/aromatic N) is 4. The lowest BCUT2D eigenvalue weighted by molar-refractivity contribution is 0.483. The van der Waals surface area contributed by atoms with E-state index in [2.05, 4.69) is 35.8 Å². The van der Waals surface area contributed by atoms with Crippen LogP contribution in [0.2, 0.25) is 0 Å². The third-order valence-electron chi connectivity index (χ3n) is 4.25. The van der Waals surface area contributed by atoms with Crippen LogP contribution in [-0.2, 0) is 0 Å². The van der Waals surface area contributed by atoms with Gasteiger partial charge < -0.3 is 19.8 Å². The minimum atomic E-state index is 0.353. The van der Waals surface area contributed by atoms with Gasteiger partial charge in [0.15, 0.2) is 11.6 Å². The van der Waals surface area contributed by atoms with Crippen LogP contribution in [0.1, 0.15) is 0 Å². The van der Waals surface area contributed by atoms with Crippen molar-refractivity contribution in [2.45, 2.75) is 0 Å². The first-order valence-corrected chi connectivity index (χ1v) is 9.47. The molecular weight excluding hydrogens is 394 g/mol. The lowest BCUT2D eigenvalue weighted by Gasteiger charge is -2.09. The normalized spacial score (nSPS) is 10.6. The first-order valence-electron chi connectivity index (χ1n) is 9.47. The second kappa shape index (κ2) is 8.37. The number of aromatic amines is 1. The standard InChI is InChI=1S/C22H17N7O2/c1-2-7-16(8-3-1)31-17-9-4-6-15(12-17)25-21-23-14-24-22(27-21)26-20-13-18(28-29-20)19-10-5-11-30-19/h1-14H,(H3,23,24,25,26,27,28,29). The summed E-state index contributed by atoms with van der Waals surface area (Å²) < 4.78 is 11.2. The first kappa shape index (κ1) is 18.4.